The molecule has 8 aliphatic heterocycles. The second-order valence-electron chi connectivity index (χ2n) is 22.6. The molecular weight excluding hydrogens is 1190 g/mol. The lowest BCUT2D eigenvalue weighted by atomic mass is 9.96. The fraction of sp³-hybridized carbons (Fsp3) is 1.00. The molecule has 0 aromatic heterocycles. The molecule has 0 aliphatic carbocycles. The quantitative estimate of drug-likeness (QED) is 0.0399. The van der Waals surface area contributed by atoms with Crippen molar-refractivity contribution in [3.8, 4) is 0 Å². The van der Waals surface area contributed by atoms with Crippen LogP contribution in [0, 0.1) is 0 Å². The van der Waals surface area contributed by atoms with Crippen molar-refractivity contribution in [3.63, 3.8) is 0 Å². The van der Waals surface area contributed by atoms with Crippen LogP contribution in [0.1, 0.15) is 19.3 Å². The van der Waals surface area contributed by atoms with E-state index in [-0.39, 0.29) is 13.2 Å². The van der Waals surface area contributed by atoms with Crippen molar-refractivity contribution in [2.45, 2.75) is 240 Å². The smallest absolute Gasteiger partial charge is 0.186 e. The summed E-state index contributed by atoms with van der Waals surface area (Å²) >= 11 is 0. The third-order valence-corrected chi connectivity index (χ3v) is 16.6. The highest BCUT2D eigenvalue weighted by molar-refractivity contribution is 5.00. The summed E-state index contributed by atoms with van der Waals surface area (Å²) in [5, 5.41) is 183. The van der Waals surface area contributed by atoms with Crippen LogP contribution >= 0.6 is 0 Å². The molecule has 12 unspecified atom stereocenters. The summed E-state index contributed by atoms with van der Waals surface area (Å²) in [4.78, 5) is 0. The monoisotopic (exact) mass is 1280 g/mol. The van der Waals surface area contributed by atoms with Crippen LogP contribution in [-0.4, -0.2) is 374 Å². The van der Waals surface area contributed by atoms with E-state index in [0.717, 1.165) is 12.8 Å². The van der Waals surface area contributed by atoms with E-state index in [1.807, 2.05) is 0 Å². The van der Waals surface area contributed by atoms with Crippen molar-refractivity contribution in [3.05, 3.63) is 0 Å². The molecule has 0 spiro atoms. The molecule has 508 valence electrons. The highest BCUT2D eigenvalue weighted by Gasteiger charge is 2.56. The normalized spacial score (nSPS) is 51.1. The highest BCUT2D eigenvalue weighted by Crippen LogP contribution is 2.35. The van der Waals surface area contributed by atoms with Crippen LogP contribution in [-0.2, 0) is 75.8 Å². The lowest BCUT2D eigenvalue weighted by Crippen LogP contribution is -2.68. The third-order valence-electron chi connectivity index (χ3n) is 16.6. The fourth-order valence-electron chi connectivity index (χ4n) is 11.2. The zero-order chi connectivity index (χ0) is 63.3. The Morgan fingerprint density at radius 1 is 0.299 bits per heavy atom. The Morgan fingerprint density at radius 3 is 0.897 bits per heavy atom. The van der Waals surface area contributed by atoms with E-state index >= 15 is 0 Å². The molecule has 0 saturated carbocycles. The molecule has 38 nitrogen and oxygen atoms in total. The van der Waals surface area contributed by atoms with E-state index < -0.39 is 267 Å². The van der Waals surface area contributed by atoms with Gasteiger partial charge in [0.25, 0.3) is 0 Å². The van der Waals surface area contributed by atoms with E-state index in [0.29, 0.717) is 13.0 Å². The maximum Gasteiger partial charge on any atom is 0.186 e. The molecule has 8 heterocycles. The Labute approximate surface area is 496 Å². The third kappa shape index (κ3) is 16.0. The molecule has 36 atom stereocenters. The Morgan fingerprint density at radius 2 is 0.586 bits per heavy atom. The molecule has 0 amide bonds. The predicted octanol–water partition coefficient (Wildman–Crippen LogP) is -14.9. The van der Waals surface area contributed by atoms with Gasteiger partial charge in [-0.3, -0.25) is 0 Å². The van der Waals surface area contributed by atoms with Crippen molar-refractivity contribution < 1.29 is 163 Å². The van der Waals surface area contributed by atoms with Crippen LogP contribution in [0.3, 0.4) is 0 Å². The minimum atomic E-state index is -1.98. The fourth-order valence-corrected chi connectivity index (χ4v) is 11.2. The van der Waals surface area contributed by atoms with Crippen molar-refractivity contribution >= 4 is 0 Å². The topological polar surface area (TPSA) is 622 Å². The summed E-state index contributed by atoms with van der Waals surface area (Å²) in [5.74, 6) is 0. The van der Waals surface area contributed by atoms with Gasteiger partial charge in [-0.1, -0.05) is 0 Å². The maximum atomic E-state index is 11.4. The maximum absolute atomic E-state index is 11.4. The van der Waals surface area contributed by atoms with Crippen LogP contribution in [0.5, 0.6) is 0 Å². The molecule has 0 aromatic rings. The molecule has 0 aromatic carbocycles. The van der Waals surface area contributed by atoms with Gasteiger partial charge >= 0.3 is 0 Å². The SMILES string of the molecule is NCCCCCO[C@@H]1OC[C@@H](O[C@H]2OC(CO)[C@@H](O[C@@H]3OC[C@@H](O[C@H]4OC(CO)[C@@H](O[C@@H]5OC[C@@H](O[C@H]6OC(CO)[C@@H](O[C@@H]7OC[C@@H](O[C@H]8OC(CO)[C@@H](O)[C@H](O)C8N)[C@@H](O)C7O)[C@H](O)C6N)[C@@H](O)C5O)[C@H](O)C4N)[C@@H](O)C3O)[C@H](O)C2N)[C@@H](O)C1O. The highest BCUT2D eigenvalue weighted by atomic mass is 16.8. The minimum Gasteiger partial charge on any atom is -0.394 e. The summed E-state index contributed by atoms with van der Waals surface area (Å²) in [7, 11) is 0. The van der Waals surface area contributed by atoms with Gasteiger partial charge in [0.1, 0.15) is 146 Å². The average molecular weight is 1280 g/mol. The van der Waals surface area contributed by atoms with E-state index in [2.05, 4.69) is 0 Å². The molecule has 8 fully saturated rings. The van der Waals surface area contributed by atoms with Gasteiger partial charge in [-0.15, -0.1) is 0 Å². The largest absolute Gasteiger partial charge is 0.394 e. The second kappa shape index (κ2) is 32.1. The zero-order valence-electron chi connectivity index (χ0n) is 47.0. The number of nitrogens with two attached hydrogens (primary N) is 5. The summed E-state index contributed by atoms with van der Waals surface area (Å²) in [5.41, 5.74) is 30.3. The van der Waals surface area contributed by atoms with Gasteiger partial charge in [0, 0.05) is 6.61 Å². The van der Waals surface area contributed by atoms with Crippen LogP contribution in [0.25, 0.3) is 0 Å². The molecule has 87 heavy (non-hydrogen) atoms. The van der Waals surface area contributed by atoms with Gasteiger partial charge in [-0.25, -0.2) is 0 Å². The van der Waals surface area contributed by atoms with Crippen molar-refractivity contribution in [2.24, 2.45) is 28.7 Å². The molecule has 27 N–H and O–H groups in total. The summed E-state index contributed by atoms with van der Waals surface area (Å²) in [6.45, 7) is -4.40. The van der Waals surface area contributed by atoms with Crippen LogP contribution in [0.15, 0.2) is 0 Å². The number of aliphatic hydroxyl groups excluding tert-OH is 17. The number of unbranched alkanes of at least 4 members (excludes halogenated alkanes) is 2. The van der Waals surface area contributed by atoms with E-state index in [1.54, 1.807) is 0 Å². The van der Waals surface area contributed by atoms with E-state index in [9.17, 15) is 86.8 Å². The molecule has 8 saturated heterocycles. The van der Waals surface area contributed by atoms with Gasteiger partial charge in [0.05, 0.1) is 77.0 Å². The van der Waals surface area contributed by atoms with Gasteiger partial charge in [-0.05, 0) is 25.8 Å². The summed E-state index contributed by atoms with van der Waals surface area (Å²) in [6, 6.07) is -5.84. The van der Waals surface area contributed by atoms with Gasteiger partial charge in [0.2, 0.25) is 0 Å². The van der Waals surface area contributed by atoms with Crippen molar-refractivity contribution in [1.29, 1.82) is 0 Å². The van der Waals surface area contributed by atoms with Crippen molar-refractivity contribution in [2.75, 3.05) is 66.0 Å². The second-order valence-corrected chi connectivity index (χ2v) is 22.6. The number of hydrogen-bond acceptors (Lipinski definition) is 38. The Balaban J connectivity index is 0.780. The number of hydrogen-bond donors (Lipinski definition) is 22. The standard InChI is InChI=1S/C49H89N5O33/c50-4-2-1-3-5-72-46-35(68)27(60)18(10-73-46)82-43-23(52)32(65)39(15(7-56)78-43)86-48-37(70)29(62)20(12-75-48)84-45-25(54)34(67)41(17(9-58)80-45)87-49-38(71)30(63)21(13-76-49)83-44-24(53)33(66)40(16(8-57)79-44)85-47-36(69)28(61)19(11-74-47)81-42-22(51)31(64)26(59)14(6-55)77-42/h14-49,55-71H,1-13,50-54H2/t14?,15?,16?,17?,18-,19-,20-,21-,22?,23?,24?,25?,26-,27-,28-,29-,30-,31-,32-,33-,34-,35?,36?,37?,38?,39-,40-,41-,42-,43-,44-,45-,46-,47+,48+,49+/m1/s1. The Hall–Kier alpha value is -1.52. The molecule has 8 rings (SSSR count). The van der Waals surface area contributed by atoms with E-state index in [4.69, 9.17) is 104 Å². The Bertz CT molecular complexity index is 2040. The first-order chi connectivity index (χ1) is 41.5. The molecular formula is C49H89N5O33. The van der Waals surface area contributed by atoms with Gasteiger partial charge < -0.3 is 191 Å². The van der Waals surface area contributed by atoms with Gasteiger partial charge in [0.15, 0.2) is 50.3 Å². The first-order valence-corrected chi connectivity index (χ1v) is 28.8. The predicted molar refractivity (Wildman–Crippen MR) is 275 cm³/mol. The van der Waals surface area contributed by atoms with Crippen LogP contribution < -0.4 is 28.7 Å². The number of ether oxygens (including phenoxy) is 16. The molecule has 0 bridgehead atoms. The van der Waals surface area contributed by atoms with E-state index in [1.165, 1.54) is 0 Å². The summed E-state index contributed by atoms with van der Waals surface area (Å²) < 4.78 is 91.4. The molecule has 8 aliphatic rings. The molecule has 0 radical (unpaired) electrons. The van der Waals surface area contributed by atoms with Crippen molar-refractivity contribution in [1.82, 2.24) is 0 Å². The lowest BCUT2D eigenvalue weighted by molar-refractivity contribution is -0.369. The first-order valence-electron chi connectivity index (χ1n) is 28.8. The number of aliphatic hydroxyl groups is 17. The van der Waals surface area contributed by atoms with Crippen LogP contribution in [0.4, 0.5) is 0 Å². The minimum absolute atomic E-state index is 0.239. The van der Waals surface area contributed by atoms with Gasteiger partial charge in [-0.2, -0.15) is 0 Å². The zero-order valence-corrected chi connectivity index (χ0v) is 47.0. The van der Waals surface area contributed by atoms with Crippen LogP contribution in [0.2, 0.25) is 0 Å². The first kappa shape index (κ1) is 71.3. The number of rotatable bonds is 24. The molecule has 38 heteroatoms. The summed E-state index contributed by atoms with van der Waals surface area (Å²) in [6.07, 6.45) is -49.0. The lowest BCUT2D eigenvalue weighted by Gasteiger charge is -2.48. The average Bonchev–Trinajstić information content (AvgIpc) is 1.59. The Kier molecular flexibility index (Phi) is 26.3.